The van der Waals surface area contributed by atoms with E-state index >= 15 is 0 Å². The van der Waals surface area contributed by atoms with E-state index in [0.717, 1.165) is 12.8 Å². The second-order valence-electron chi connectivity index (χ2n) is 4.27. The van der Waals surface area contributed by atoms with Crippen molar-refractivity contribution < 1.29 is 9.53 Å². The number of carbonyl (C=O) groups is 1. The van der Waals surface area contributed by atoms with Crippen LogP contribution in [0.3, 0.4) is 0 Å². The molecule has 0 saturated heterocycles. The summed E-state index contributed by atoms with van der Waals surface area (Å²) >= 11 is 0. The van der Waals surface area contributed by atoms with E-state index in [1.54, 1.807) is 0 Å². The van der Waals surface area contributed by atoms with Crippen molar-refractivity contribution in [3.63, 3.8) is 0 Å². The molecule has 0 aromatic heterocycles. The van der Waals surface area contributed by atoms with Gasteiger partial charge in [-0.15, -0.1) is 0 Å². The van der Waals surface area contributed by atoms with E-state index in [-0.39, 0.29) is 11.7 Å². The lowest BCUT2D eigenvalue weighted by Gasteiger charge is -2.28. The average molecular weight is 201 g/mol. The quantitative estimate of drug-likeness (QED) is 0.708. The van der Waals surface area contributed by atoms with Gasteiger partial charge in [0.05, 0.1) is 0 Å². The Morgan fingerprint density at radius 2 is 1.79 bits per heavy atom. The van der Waals surface area contributed by atoms with Crippen LogP contribution in [0.25, 0.3) is 0 Å². The van der Waals surface area contributed by atoms with Crippen LogP contribution >= 0.6 is 0 Å². The molecule has 0 aliphatic heterocycles. The van der Waals surface area contributed by atoms with Crippen molar-refractivity contribution in [1.29, 1.82) is 0 Å². The summed E-state index contributed by atoms with van der Waals surface area (Å²) < 4.78 is 5.09. The molecule has 3 heteroatoms. The van der Waals surface area contributed by atoms with Gasteiger partial charge in [-0.1, -0.05) is 13.8 Å². The van der Waals surface area contributed by atoms with Crippen LogP contribution in [0.1, 0.15) is 53.9 Å². The van der Waals surface area contributed by atoms with Crippen LogP contribution in [0.4, 0.5) is 4.79 Å². The first-order chi connectivity index (χ1) is 6.47. The van der Waals surface area contributed by atoms with E-state index in [4.69, 9.17) is 4.74 Å². The van der Waals surface area contributed by atoms with Crippen molar-refractivity contribution in [2.75, 3.05) is 0 Å². The Balaban J connectivity index is 0.000000791. The van der Waals surface area contributed by atoms with Gasteiger partial charge in [-0.2, -0.15) is 0 Å². The monoisotopic (exact) mass is 201 g/mol. The van der Waals surface area contributed by atoms with Gasteiger partial charge in [-0.25, -0.2) is 4.79 Å². The van der Waals surface area contributed by atoms with Crippen molar-refractivity contribution in [3.05, 3.63) is 0 Å². The van der Waals surface area contributed by atoms with E-state index in [9.17, 15) is 4.79 Å². The number of rotatable bonds is 1. The summed E-state index contributed by atoms with van der Waals surface area (Å²) in [5.41, 5.74) is -0.381. The Labute approximate surface area is 87.2 Å². The van der Waals surface area contributed by atoms with Crippen LogP contribution in [-0.2, 0) is 4.74 Å². The third-order valence-electron chi connectivity index (χ3n) is 1.83. The predicted molar refractivity (Wildman–Crippen MR) is 58.4 cm³/mol. The first-order valence-corrected chi connectivity index (χ1v) is 5.47. The Hall–Kier alpha value is -0.730. The van der Waals surface area contributed by atoms with Crippen molar-refractivity contribution in [2.45, 2.75) is 65.5 Å². The molecule has 1 saturated carbocycles. The van der Waals surface area contributed by atoms with Crippen molar-refractivity contribution in [3.8, 4) is 0 Å². The van der Waals surface area contributed by atoms with Crippen LogP contribution < -0.4 is 5.32 Å². The zero-order chi connectivity index (χ0) is 11.2. The molecule has 14 heavy (non-hydrogen) atoms. The number of alkyl carbamates (subject to hydrolysis) is 1. The second kappa shape index (κ2) is 5.89. The van der Waals surface area contributed by atoms with Gasteiger partial charge in [0.2, 0.25) is 0 Å². The van der Waals surface area contributed by atoms with Crippen LogP contribution in [0.2, 0.25) is 0 Å². The van der Waals surface area contributed by atoms with Crippen LogP contribution in [-0.4, -0.2) is 17.7 Å². The largest absolute Gasteiger partial charge is 0.444 e. The number of hydrogen-bond acceptors (Lipinski definition) is 2. The maximum atomic E-state index is 11.1. The molecule has 84 valence electrons. The number of hydrogen-bond donors (Lipinski definition) is 1. The molecule has 1 N–H and O–H groups in total. The lowest BCUT2D eigenvalue weighted by Crippen LogP contribution is -2.42. The molecule has 0 radical (unpaired) electrons. The third-order valence-corrected chi connectivity index (χ3v) is 1.83. The van der Waals surface area contributed by atoms with E-state index in [0.29, 0.717) is 6.04 Å². The molecule has 0 atom stereocenters. The Kier molecular flexibility index (Phi) is 5.58. The minimum Gasteiger partial charge on any atom is -0.444 e. The number of nitrogens with one attached hydrogen (secondary N) is 1. The van der Waals surface area contributed by atoms with Gasteiger partial charge in [-0.3, -0.25) is 0 Å². The van der Waals surface area contributed by atoms with E-state index in [2.05, 4.69) is 5.32 Å². The summed E-state index contributed by atoms with van der Waals surface area (Å²) in [6.45, 7) is 9.61. The van der Waals surface area contributed by atoms with Gasteiger partial charge >= 0.3 is 6.09 Å². The molecular formula is C11H23NO2. The third kappa shape index (κ3) is 5.84. The molecule has 0 bridgehead atoms. The van der Waals surface area contributed by atoms with Gasteiger partial charge in [-0.05, 0) is 40.0 Å². The fourth-order valence-electron chi connectivity index (χ4n) is 1.03. The van der Waals surface area contributed by atoms with Gasteiger partial charge in [0.25, 0.3) is 0 Å². The standard InChI is InChI=1S/C9H17NO2.C2H6/c1-9(2,3)12-8(11)10-7-5-4-6-7;1-2/h7H,4-6H2,1-3H3,(H,10,11);1-2H3. The molecule has 0 unspecified atom stereocenters. The highest BCUT2D eigenvalue weighted by Crippen LogP contribution is 2.18. The van der Waals surface area contributed by atoms with Crippen LogP contribution in [0.5, 0.6) is 0 Å². The minimum absolute atomic E-state index is 0.285. The van der Waals surface area contributed by atoms with Crippen LogP contribution in [0, 0.1) is 0 Å². The minimum atomic E-state index is -0.381. The maximum absolute atomic E-state index is 11.1. The normalized spacial score (nSPS) is 16.1. The summed E-state index contributed by atoms with van der Waals surface area (Å²) in [6.07, 6.45) is 3.13. The first-order valence-electron chi connectivity index (χ1n) is 5.47. The smallest absolute Gasteiger partial charge is 0.407 e. The summed E-state index contributed by atoms with van der Waals surface area (Å²) in [5.74, 6) is 0. The van der Waals surface area contributed by atoms with Crippen molar-refractivity contribution >= 4 is 6.09 Å². The zero-order valence-corrected chi connectivity index (χ0v) is 10.0. The number of ether oxygens (including phenoxy) is 1. The molecule has 0 spiro atoms. The summed E-state index contributed by atoms with van der Waals surface area (Å²) in [4.78, 5) is 11.1. The Bertz CT molecular complexity index is 169. The molecule has 0 aromatic rings. The lowest BCUT2D eigenvalue weighted by atomic mass is 9.93. The molecule has 0 aromatic carbocycles. The average Bonchev–Trinajstić information content (AvgIpc) is 1.98. The predicted octanol–water partition coefficient (Wildman–Crippen LogP) is 3.09. The van der Waals surface area contributed by atoms with Gasteiger partial charge < -0.3 is 10.1 Å². The van der Waals surface area contributed by atoms with E-state index < -0.39 is 0 Å². The molecule has 1 fully saturated rings. The van der Waals surface area contributed by atoms with Crippen LogP contribution in [0.15, 0.2) is 0 Å². The molecule has 1 amide bonds. The number of carbonyl (C=O) groups excluding carboxylic acids is 1. The first kappa shape index (κ1) is 13.3. The number of amides is 1. The fraction of sp³-hybridized carbons (Fsp3) is 0.909. The lowest BCUT2D eigenvalue weighted by molar-refractivity contribution is 0.0480. The molecule has 1 rings (SSSR count). The summed E-state index contributed by atoms with van der Waals surface area (Å²) in [5, 5.41) is 2.81. The highest BCUT2D eigenvalue weighted by atomic mass is 16.6. The zero-order valence-electron chi connectivity index (χ0n) is 10.0. The fourth-order valence-corrected chi connectivity index (χ4v) is 1.03. The molecular weight excluding hydrogens is 178 g/mol. The Morgan fingerprint density at radius 1 is 1.29 bits per heavy atom. The summed E-state index contributed by atoms with van der Waals surface area (Å²) in [6, 6.07) is 0.361. The molecule has 0 heterocycles. The molecule has 1 aliphatic carbocycles. The van der Waals surface area contributed by atoms with Gasteiger partial charge in [0.15, 0.2) is 0 Å². The van der Waals surface area contributed by atoms with Crippen molar-refractivity contribution in [2.24, 2.45) is 0 Å². The van der Waals surface area contributed by atoms with Gasteiger partial charge in [0.1, 0.15) is 5.60 Å². The SMILES string of the molecule is CC.CC(C)(C)OC(=O)NC1CCC1. The summed E-state index contributed by atoms with van der Waals surface area (Å²) in [7, 11) is 0. The van der Waals surface area contributed by atoms with Gasteiger partial charge in [0, 0.05) is 6.04 Å². The van der Waals surface area contributed by atoms with E-state index in [1.165, 1.54) is 6.42 Å². The topological polar surface area (TPSA) is 38.3 Å². The Morgan fingerprint density at radius 3 is 2.07 bits per heavy atom. The molecule has 1 aliphatic rings. The highest BCUT2D eigenvalue weighted by Gasteiger charge is 2.22. The highest BCUT2D eigenvalue weighted by molar-refractivity contribution is 5.68. The second-order valence-corrected chi connectivity index (χ2v) is 4.27. The van der Waals surface area contributed by atoms with E-state index in [1.807, 2.05) is 34.6 Å². The van der Waals surface area contributed by atoms with Crippen molar-refractivity contribution in [1.82, 2.24) is 5.32 Å². The molecule has 3 nitrogen and oxygen atoms in total. The maximum Gasteiger partial charge on any atom is 0.407 e.